The number of methoxy groups -OCH3 is 1. The molecule has 0 aliphatic heterocycles. The van der Waals surface area contributed by atoms with Crippen molar-refractivity contribution in [1.29, 1.82) is 0 Å². The Hall–Kier alpha value is -2.43. The molecule has 0 saturated heterocycles. The number of amides is 1. The maximum atomic E-state index is 11.7. The lowest BCUT2D eigenvalue weighted by Gasteiger charge is -2.06. The van der Waals surface area contributed by atoms with Crippen LogP contribution in [0.25, 0.3) is 0 Å². The summed E-state index contributed by atoms with van der Waals surface area (Å²) in [6.07, 6.45) is 0.887. The van der Waals surface area contributed by atoms with Crippen LogP contribution < -0.4 is 14.8 Å². The summed E-state index contributed by atoms with van der Waals surface area (Å²) in [6.45, 7) is 2.89. The highest BCUT2D eigenvalue weighted by Gasteiger charge is 2.10. The van der Waals surface area contributed by atoms with E-state index in [4.69, 9.17) is 13.9 Å². The van der Waals surface area contributed by atoms with E-state index in [2.05, 4.69) is 5.32 Å². The number of hydrogen-bond donors (Lipinski definition) is 1. The van der Waals surface area contributed by atoms with E-state index >= 15 is 0 Å². The maximum absolute atomic E-state index is 11.7. The third-order valence-corrected chi connectivity index (χ3v) is 2.84. The lowest BCUT2D eigenvalue weighted by molar-refractivity contribution is 0.0922. The molecule has 0 spiro atoms. The van der Waals surface area contributed by atoms with Gasteiger partial charge >= 0.3 is 0 Å². The van der Waals surface area contributed by atoms with Crippen molar-refractivity contribution in [2.75, 3.05) is 13.7 Å². The van der Waals surface area contributed by atoms with Gasteiger partial charge in [0.15, 0.2) is 5.76 Å². The number of carbonyl (C=O) groups excluding carboxylic acids is 1. The minimum atomic E-state index is -0.204. The first-order valence-electron chi connectivity index (χ1n) is 6.86. The second-order valence-corrected chi connectivity index (χ2v) is 4.49. The number of hydrogen-bond acceptors (Lipinski definition) is 4. The van der Waals surface area contributed by atoms with Crippen molar-refractivity contribution >= 4 is 5.91 Å². The number of nitrogens with one attached hydrogen (secondary N) is 1. The molecule has 1 amide bonds. The summed E-state index contributed by atoms with van der Waals surface area (Å²) in [7, 11) is 1.60. The largest absolute Gasteiger partial charge is 0.497 e. The summed E-state index contributed by atoms with van der Waals surface area (Å²) in [5, 5.41) is 2.76. The molecule has 0 aliphatic rings. The van der Waals surface area contributed by atoms with Crippen LogP contribution in [0.2, 0.25) is 0 Å². The Labute approximate surface area is 123 Å². The molecular weight excluding hydrogens is 270 g/mol. The molecule has 0 unspecified atom stereocenters. The van der Waals surface area contributed by atoms with Crippen LogP contribution in [-0.4, -0.2) is 19.6 Å². The van der Waals surface area contributed by atoms with E-state index in [0.29, 0.717) is 23.8 Å². The Kier molecular flexibility index (Phi) is 5.26. The molecule has 1 aromatic carbocycles. The SMILES string of the molecule is CCCNC(=O)c1ccc(COc2cccc(OC)c2)o1. The van der Waals surface area contributed by atoms with Crippen molar-refractivity contribution in [3.05, 3.63) is 47.9 Å². The van der Waals surface area contributed by atoms with Gasteiger partial charge in [-0.2, -0.15) is 0 Å². The Morgan fingerprint density at radius 2 is 2.05 bits per heavy atom. The molecule has 21 heavy (non-hydrogen) atoms. The van der Waals surface area contributed by atoms with Gasteiger partial charge in [-0.15, -0.1) is 0 Å². The minimum Gasteiger partial charge on any atom is -0.497 e. The highest BCUT2D eigenvalue weighted by molar-refractivity contribution is 5.91. The van der Waals surface area contributed by atoms with Crippen molar-refractivity contribution in [2.45, 2.75) is 20.0 Å². The summed E-state index contributed by atoms with van der Waals surface area (Å²) >= 11 is 0. The standard InChI is InChI=1S/C16H19NO4/c1-3-9-17-16(18)15-8-7-14(21-15)11-20-13-6-4-5-12(10-13)19-2/h4-8,10H,3,9,11H2,1-2H3,(H,17,18). The van der Waals surface area contributed by atoms with Crippen LogP contribution in [0.5, 0.6) is 11.5 Å². The lowest BCUT2D eigenvalue weighted by atomic mass is 10.3. The molecule has 2 aromatic rings. The van der Waals surface area contributed by atoms with Gasteiger partial charge in [0.2, 0.25) is 0 Å². The summed E-state index contributed by atoms with van der Waals surface area (Å²) in [4.78, 5) is 11.7. The van der Waals surface area contributed by atoms with Crippen molar-refractivity contribution in [1.82, 2.24) is 5.32 Å². The number of benzene rings is 1. The molecule has 0 aliphatic carbocycles. The number of ether oxygens (including phenoxy) is 2. The van der Waals surface area contributed by atoms with Crippen molar-refractivity contribution in [3.63, 3.8) is 0 Å². The Morgan fingerprint density at radius 1 is 1.24 bits per heavy atom. The average molecular weight is 289 g/mol. The van der Waals surface area contributed by atoms with Gasteiger partial charge in [0.25, 0.3) is 5.91 Å². The molecule has 2 rings (SSSR count). The molecule has 1 heterocycles. The van der Waals surface area contributed by atoms with Gasteiger partial charge in [0.1, 0.15) is 23.9 Å². The highest BCUT2D eigenvalue weighted by Crippen LogP contribution is 2.20. The van der Waals surface area contributed by atoms with Gasteiger partial charge < -0.3 is 19.2 Å². The van der Waals surface area contributed by atoms with Crippen molar-refractivity contribution < 1.29 is 18.7 Å². The molecule has 1 aromatic heterocycles. The average Bonchev–Trinajstić information content (AvgIpc) is 3.00. The molecule has 0 atom stereocenters. The zero-order chi connectivity index (χ0) is 15.1. The van der Waals surface area contributed by atoms with Gasteiger partial charge in [-0.05, 0) is 30.7 Å². The van der Waals surface area contributed by atoms with Crippen LogP contribution in [-0.2, 0) is 6.61 Å². The summed E-state index contributed by atoms with van der Waals surface area (Å²) < 4.78 is 16.2. The third kappa shape index (κ3) is 4.27. The number of rotatable bonds is 7. The molecule has 5 heteroatoms. The predicted octanol–water partition coefficient (Wildman–Crippen LogP) is 3.01. The molecule has 0 radical (unpaired) electrons. The molecule has 112 valence electrons. The summed E-state index contributed by atoms with van der Waals surface area (Å²) in [6, 6.07) is 10.7. The molecular formula is C16H19NO4. The van der Waals surface area contributed by atoms with Gasteiger partial charge in [-0.1, -0.05) is 13.0 Å². The van der Waals surface area contributed by atoms with E-state index in [1.807, 2.05) is 25.1 Å². The minimum absolute atomic E-state index is 0.204. The normalized spacial score (nSPS) is 10.2. The first kappa shape index (κ1) is 15.0. The number of furan rings is 1. The molecule has 0 fully saturated rings. The van der Waals surface area contributed by atoms with Crippen LogP contribution in [0.15, 0.2) is 40.8 Å². The van der Waals surface area contributed by atoms with Crippen LogP contribution in [0.4, 0.5) is 0 Å². The van der Waals surface area contributed by atoms with Gasteiger partial charge in [-0.3, -0.25) is 4.79 Å². The van der Waals surface area contributed by atoms with Gasteiger partial charge in [-0.25, -0.2) is 0 Å². The molecule has 0 saturated carbocycles. The molecule has 1 N–H and O–H groups in total. The predicted molar refractivity (Wildman–Crippen MR) is 78.7 cm³/mol. The summed E-state index contributed by atoms with van der Waals surface area (Å²) in [5.41, 5.74) is 0. The van der Waals surface area contributed by atoms with E-state index < -0.39 is 0 Å². The fourth-order valence-electron chi connectivity index (χ4n) is 1.75. The van der Waals surface area contributed by atoms with Crippen LogP contribution >= 0.6 is 0 Å². The first-order chi connectivity index (χ1) is 10.2. The van der Waals surface area contributed by atoms with Crippen molar-refractivity contribution in [2.24, 2.45) is 0 Å². The first-order valence-corrected chi connectivity index (χ1v) is 6.86. The molecule has 0 bridgehead atoms. The van der Waals surface area contributed by atoms with Crippen LogP contribution in [0, 0.1) is 0 Å². The lowest BCUT2D eigenvalue weighted by Crippen LogP contribution is -2.23. The second kappa shape index (κ2) is 7.38. The fourth-order valence-corrected chi connectivity index (χ4v) is 1.75. The topological polar surface area (TPSA) is 60.7 Å². The van der Waals surface area contributed by atoms with E-state index in [0.717, 1.165) is 12.2 Å². The maximum Gasteiger partial charge on any atom is 0.286 e. The Bertz CT molecular complexity index is 591. The zero-order valence-corrected chi connectivity index (χ0v) is 12.2. The zero-order valence-electron chi connectivity index (χ0n) is 12.2. The van der Waals surface area contributed by atoms with E-state index in [-0.39, 0.29) is 12.5 Å². The smallest absolute Gasteiger partial charge is 0.286 e. The van der Waals surface area contributed by atoms with Gasteiger partial charge in [0.05, 0.1) is 7.11 Å². The van der Waals surface area contributed by atoms with E-state index in [1.54, 1.807) is 25.3 Å². The second-order valence-electron chi connectivity index (χ2n) is 4.49. The summed E-state index contributed by atoms with van der Waals surface area (Å²) in [5.74, 6) is 2.10. The fraction of sp³-hybridized carbons (Fsp3) is 0.312. The van der Waals surface area contributed by atoms with Gasteiger partial charge in [0, 0.05) is 12.6 Å². The van der Waals surface area contributed by atoms with E-state index in [1.165, 1.54) is 0 Å². The van der Waals surface area contributed by atoms with Crippen LogP contribution in [0.3, 0.4) is 0 Å². The Balaban J connectivity index is 1.91. The third-order valence-electron chi connectivity index (χ3n) is 2.84. The molecule has 5 nitrogen and oxygen atoms in total. The Morgan fingerprint density at radius 3 is 2.81 bits per heavy atom. The monoisotopic (exact) mass is 289 g/mol. The highest BCUT2D eigenvalue weighted by atomic mass is 16.5. The van der Waals surface area contributed by atoms with Crippen molar-refractivity contribution in [3.8, 4) is 11.5 Å². The number of carbonyl (C=O) groups is 1. The van der Waals surface area contributed by atoms with E-state index in [9.17, 15) is 4.79 Å². The quantitative estimate of drug-likeness (QED) is 0.851. The van der Waals surface area contributed by atoms with Crippen LogP contribution in [0.1, 0.15) is 29.7 Å².